The molecule has 1 aliphatic rings. The van der Waals surface area contributed by atoms with Crippen LogP contribution in [0.1, 0.15) is 18.4 Å². The maximum absolute atomic E-state index is 12.1. The first-order chi connectivity index (χ1) is 12.2. The van der Waals surface area contributed by atoms with E-state index in [-0.39, 0.29) is 17.7 Å². The minimum atomic E-state index is -0.156. The highest BCUT2D eigenvalue weighted by Crippen LogP contribution is 2.27. The summed E-state index contributed by atoms with van der Waals surface area (Å²) in [4.78, 5) is 32.1. The fourth-order valence-corrected chi connectivity index (χ4v) is 2.81. The van der Waals surface area contributed by atoms with Gasteiger partial charge in [0.05, 0.1) is 0 Å². The molecule has 130 valence electrons. The van der Waals surface area contributed by atoms with Gasteiger partial charge >= 0.3 is 0 Å². The molecule has 0 radical (unpaired) electrons. The van der Waals surface area contributed by atoms with E-state index in [0.717, 1.165) is 11.3 Å². The second kappa shape index (κ2) is 8.23. The molecule has 2 heterocycles. The summed E-state index contributed by atoms with van der Waals surface area (Å²) in [6.07, 6.45) is 4.87. The summed E-state index contributed by atoms with van der Waals surface area (Å²) in [6, 6.07) is 9.52. The summed E-state index contributed by atoms with van der Waals surface area (Å²) in [5.41, 5.74) is 2.00. The van der Waals surface area contributed by atoms with Gasteiger partial charge in [0.25, 0.3) is 0 Å². The SMILES string of the molecule is O=C(CC[C@H]1Cc2ccccc2NC1=O)NCCNc1ncccn1. The Balaban J connectivity index is 1.37. The molecule has 3 N–H and O–H groups in total. The molecule has 1 aliphatic heterocycles. The summed E-state index contributed by atoms with van der Waals surface area (Å²) in [7, 11) is 0. The average Bonchev–Trinajstić information content (AvgIpc) is 2.64. The van der Waals surface area contributed by atoms with Crippen LogP contribution in [0, 0.1) is 5.92 Å². The molecule has 2 aromatic rings. The van der Waals surface area contributed by atoms with Gasteiger partial charge in [0, 0.05) is 43.5 Å². The molecule has 1 atom stereocenters. The molecular weight excluding hydrogens is 318 g/mol. The Hall–Kier alpha value is -2.96. The molecule has 0 unspecified atom stereocenters. The van der Waals surface area contributed by atoms with Crippen LogP contribution in [0.15, 0.2) is 42.7 Å². The van der Waals surface area contributed by atoms with Crippen molar-refractivity contribution in [2.45, 2.75) is 19.3 Å². The van der Waals surface area contributed by atoms with Crippen LogP contribution in [-0.4, -0.2) is 34.9 Å². The highest BCUT2D eigenvalue weighted by atomic mass is 16.2. The van der Waals surface area contributed by atoms with E-state index in [1.54, 1.807) is 18.5 Å². The van der Waals surface area contributed by atoms with Gasteiger partial charge in [0.15, 0.2) is 0 Å². The van der Waals surface area contributed by atoms with Crippen molar-refractivity contribution in [2.75, 3.05) is 23.7 Å². The number of nitrogens with one attached hydrogen (secondary N) is 3. The van der Waals surface area contributed by atoms with E-state index < -0.39 is 0 Å². The van der Waals surface area contributed by atoms with Crippen molar-refractivity contribution in [3.63, 3.8) is 0 Å². The van der Waals surface area contributed by atoms with Crippen molar-refractivity contribution in [1.29, 1.82) is 0 Å². The lowest BCUT2D eigenvalue weighted by atomic mass is 9.89. The van der Waals surface area contributed by atoms with Crippen molar-refractivity contribution in [2.24, 2.45) is 5.92 Å². The van der Waals surface area contributed by atoms with Gasteiger partial charge in [0.2, 0.25) is 17.8 Å². The molecule has 2 amide bonds. The number of carbonyl (C=O) groups is 2. The average molecular weight is 339 g/mol. The Labute approximate surface area is 146 Å². The van der Waals surface area contributed by atoms with Gasteiger partial charge in [-0.3, -0.25) is 9.59 Å². The molecule has 7 nitrogen and oxygen atoms in total. The maximum Gasteiger partial charge on any atom is 0.227 e. The molecule has 0 fully saturated rings. The quantitative estimate of drug-likeness (QED) is 0.666. The van der Waals surface area contributed by atoms with E-state index in [0.29, 0.717) is 38.3 Å². The second-order valence-corrected chi connectivity index (χ2v) is 5.94. The van der Waals surface area contributed by atoms with Crippen LogP contribution in [0.25, 0.3) is 0 Å². The molecule has 25 heavy (non-hydrogen) atoms. The lowest BCUT2D eigenvalue weighted by Crippen LogP contribution is -2.33. The normalized spacial score (nSPS) is 15.8. The standard InChI is InChI=1S/C18H21N5O2/c24-16(19-10-11-22-18-20-8-3-9-21-18)7-6-14-12-13-4-1-2-5-15(13)23-17(14)25/h1-5,8-9,14H,6-7,10-12H2,(H,19,24)(H,23,25)(H,20,21,22)/t14-/m0/s1. The van der Waals surface area contributed by atoms with Gasteiger partial charge in [-0.25, -0.2) is 9.97 Å². The molecule has 7 heteroatoms. The predicted octanol–water partition coefficient (Wildman–Crippen LogP) is 1.60. The first-order valence-electron chi connectivity index (χ1n) is 8.39. The van der Waals surface area contributed by atoms with Crippen molar-refractivity contribution < 1.29 is 9.59 Å². The van der Waals surface area contributed by atoms with E-state index in [2.05, 4.69) is 25.9 Å². The molecule has 0 saturated heterocycles. The molecule has 0 aliphatic carbocycles. The zero-order valence-electron chi connectivity index (χ0n) is 13.9. The molecule has 1 aromatic carbocycles. The Kier molecular flexibility index (Phi) is 5.56. The molecule has 0 saturated carbocycles. The van der Waals surface area contributed by atoms with Crippen LogP contribution >= 0.6 is 0 Å². The zero-order valence-corrected chi connectivity index (χ0v) is 13.9. The molecule has 3 rings (SSSR count). The van der Waals surface area contributed by atoms with Crippen LogP contribution in [0.5, 0.6) is 0 Å². The van der Waals surface area contributed by atoms with Gasteiger partial charge in [-0.05, 0) is 30.5 Å². The summed E-state index contributed by atoms with van der Waals surface area (Å²) in [5, 5.41) is 8.77. The monoisotopic (exact) mass is 339 g/mol. The topological polar surface area (TPSA) is 96.0 Å². The molecule has 0 spiro atoms. The van der Waals surface area contributed by atoms with Crippen molar-refractivity contribution in [3.05, 3.63) is 48.3 Å². The van der Waals surface area contributed by atoms with Gasteiger partial charge < -0.3 is 16.0 Å². The number of para-hydroxylation sites is 1. The number of aromatic nitrogens is 2. The number of nitrogens with zero attached hydrogens (tertiary/aromatic N) is 2. The predicted molar refractivity (Wildman–Crippen MR) is 95.0 cm³/mol. The summed E-state index contributed by atoms with van der Waals surface area (Å²) >= 11 is 0. The number of rotatable bonds is 7. The van der Waals surface area contributed by atoms with Crippen molar-refractivity contribution >= 4 is 23.5 Å². The maximum atomic E-state index is 12.1. The Morgan fingerprint density at radius 2 is 1.96 bits per heavy atom. The second-order valence-electron chi connectivity index (χ2n) is 5.94. The third-order valence-corrected chi connectivity index (χ3v) is 4.13. The molecule has 1 aromatic heterocycles. The zero-order chi connectivity index (χ0) is 17.5. The van der Waals surface area contributed by atoms with E-state index in [1.807, 2.05) is 24.3 Å². The van der Waals surface area contributed by atoms with E-state index in [9.17, 15) is 9.59 Å². The largest absolute Gasteiger partial charge is 0.354 e. The highest BCUT2D eigenvalue weighted by molar-refractivity contribution is 5.96. The lowest BCUT2D eigenvalue weighted by Gasteiger charge is -2.24. The fourth-order valence-electron chi connectivity index (χ4n) is 2.81. The first kappa shape index (κ1) is 16.9. The minimum absolute atomic E-state index is 0.00519. The summed E-state index contributed by atoms with van der Waals surface area (Å²) in [6.45, 7) is 1.03. The third kappa shape index (κ3) is 4.76. The third-order valence-electron chi connectivity index (χ3n) is 4.13. The number of fused-ring (bicyclic) bond motifs is 1. The number of hydrogen-bond acceptors (Lipinski definition) is 5. The van der Waals surface area contributed by atoms with Crippen LogP contribution in [0.2, 0.25) is 0 Å². The Bertz CT molecular complexity index is 735. The van der Waals surface area contributed by atoms with Crippen molar-refractivity contribution in [1.82, 2.24) is 15.3 Å². The van der Waals surface area contributed by atoms with E-state index in [1.165, 1.54) is 0 Å². The minimum Gasteiger partial charge on any atom is -0.354 e. The molecule has 0 bridgehead atoms. The van der Waals surface area contributed by atoms with E-state index >= 15 is 0 Å². The van der Waals surface area contributed by atoms with Gasteiger partial charge in [-0.2, -0.15) is 0 Å². The van der Waals surface area contributed by atoms with Crippen molar-refractivity contribution in [3.8, 4) is 0 Å². The summed E-state index contributed by atoms with van der Waals surface area (Å²) < 4.78 is 0. The number of amides is 2. The Morgan fingerprint density at radius 1 is 1.16 bits per heavy atom. The smallest absolute Gasteiger partial charge is 0.227 e. The Morgan fingerprint density at radius 3 is 2.80 bits per heavy atom. The summed E-state index contributed by atoms with van der Waals surface area (Å²) in [5.74, 6) is 0.322. The van der Waals surface area contributed by atoms with Gasteiger partial charge in [-0.15, -0.1) is 0 Å². The lowest BCUT2D eigenvalue weighted by molar-refractivity contribution is -0.122. The van der Waals surface area contributed by atoms with Gasteiger partial charge in [-0.1, -0.05) is 18.2 Å². The van der Waals surface area contributed by atoms with Gasteiger partial charge in [0.1, 0.15) is 0 Å². The van der Waals surface area contributed by atoms with Crippen LogP contribution in [0.3, 0.4) is 0 Å². The molecular formula is C18H21N5O2. The number of carbonyl (C=O) groups excluding carboxylic acids is 2. The first-order valence-corrected chi connectivity index (χ1v) is 8.39. The highest BCUT2D eigenvalue weighted by Gasteiger charge is 2.26. The van der Waals surface area contributed by atoms with Crippen LogP contribution in [0.4, 0.5) is 11.6 Å². The van der Waals surface area contributed by atoms with E-state index in [4.69, 9.17) is 0 Å². The van der Waals surface area contributed by atoms with Crippen LogP contribution < -0.4 is 16.0 Å². The number of hydrogen-bond donors (Lipinski definition) is 3. The van der Waals surface area contributed by atoms with Crippen LogP contribution in [-0.2, 0) is 16.0 Å². The number of anilines is 2. The fraction of sp³-hybridized carbons (Fsp3) is 0.333. The number of benzene rings is 1.